The molecule has 2 rings (SSSR count). The van der Waals surface area contributed by atoms with Crippen LogP contribution in [0.1, 0.15) is 22.8 Å². The highest BCUT2D eigenvalue weighted by Crippen LogP contribution is 2.23. The molecule has 6 heteroatoms. The number of nitrogens with one attached hydrogen (secondary N) is 1. The number of ether oxygens (including phenoxy) is 2. The van der Waals surface area contributed by atoms with Crippen LogP contribution in [0.2, 0.25) is 0 Å². The van der Waals surface area contributed by atoms with Gasteiger partial charge >= 0.3 is 5.97 Å². The number of methoxy groups -OCH3 is 1. The van der Waals surface area contributed by atoms with Gasteiger partial charge in [-0.05, 0) is 65.7 Å². The Hall–Kier alpha value is -2.34. The van der Waals surface area contributed by atoms with Crippen LogP contribution >= 0.6 is 15.9 Å². The molecule has 1 N–H and O–H groups in total. The van der Waals surface area contributed by atoms with Crippen molar-refractivity contribution in [2.45, 2.75) is 20.0 Å². The minimum absolute atomic E-state index is 0.296. The Balaban J connectivity index is 2.04. The highest BCUT2D eigenvalue weighted by atomic mass is 79.9. The molecule has 0 heterocycles. The lowest BCUT2D eigenvalue weighted by Gasteiger charge is -2.14. The van der Waals surface area contributed by atoms with Gasteiger partial charge in [0.25, 0.3) is 5.91 Å². The zero-order valence-corrected chi connectivity index (χ0v) is 15.2. The Kier molecular flexibility index (Phi) is 5.98. The summed E-state index contributed by atoms with van der Waals surface area (Å²) in [6.45, 7) is 3.45. The average Bonchev–Trinajstić information content (AvgIpc) is 2.55. The second-order valence-electron chi connectivity index (χ2n) is 5.25. The molecule has 0 aliphatic heterocycles. The quantitative estimate of drug-likeness (QED) is 0.783. The Bertz CT molecular complexity index is 760. The van der Waals surface area contributed by atoms with Crippen molar-refractivity contribution in [2.75, 3.05) is 12.4 Å². The molecule has 0 unspecified atom stereocenters. The highest BCUT2D eigenvalue weighted by Gasteiger charge is 2.21. The summed E-state index contributed by atoms with van der Waals surface area (Å²) in [5.41, 5.74) is 1.98. The van der Waals surface area contributed by atoms with Crippen molar-refractivity contribution < 1.29 is 19.1 Å². The van der Waals surface area contributed by atoms with Crippen LogP contribution in [0.4, 0.5) is 5.69 Å². The van der Waals surface area contributed by atoms with Crippen LogP contribution in [0.3, 0.4) is 0 Å². The monoisotopic (exact) mass is 391 g/mol. The van der Waals surface area contributed by atoms with Crippen LogP contribution in [-0.2, 0) is 9.53 Å². The first-order valence-electron chi connectivity index (χ1n) is 7.32. The Morgan fingerprint density at radius 3 is 2.58 bits per heavy atom. The molecule has 0 bridgehead atoms. The lowest BCUT2D eigenvalue weighted by atomic mass is 10.2. The lowest BCUT2D eigenvalue weighted by Crippen LogP contribution is -2.30. The number of carbonyl (C=O) groups is 2. The molecule has 0 saturated carbocycles. The number of anilines is 1. The van der Waals surface area contributed by atoms with Crippen molar-refractivity contribution in [3.63, 3.8) is 0 Å². The molecule has 0 aromatic heterocycles. The molecular formula is C18H18BrNO4. The van der Waals surface area contributed by atoms with Gasteiger partial charge in [0.15, 0.2) is 6.10 Å². The first-order valence-corrected chi connectivity index (χ1v) is 8.12. The van der Waals surface area contributed by atoms with Crippen molar-refractivity contribution in [3.05, 3.63) is 58.1 Å². The number of hydrogen-bond donors (Lipinski definition) is 1. The highest BCUT2D eigenvalue weighted by molar-refractivity contribution is 9.10. The van der Waals surface area contributed by atoms with E-state index in [4.69, 9.17) is 9.47 Å². The topological polar surface area (TPSA) is 64.6 Å². The van der Waals surface area contributed by atoms with Gasteiger partial charge in [-0.15, -0.1) is 0 Å². The number of rotatable bonds is 5. The van der Waals surface area contributed by atoms with E-state index in [0.717, 1.165) is 5.56 Å². The van der Waals surface area contributed by atoms with E-state index < -0.39 is 18.0 Å². The molecule has 0 aliphatic rings. The Labute approximate surface area is 149 Å². The second kappa shape index (κ2) is 7.97. The van der Waals surface area contributed by atoms with Crippen LogP contribution in [0.5, 0.6) is 5.75 Å². The van der Waals surface area contributed by atoms with Crippen LogP contribution < -0.4 is 10.1 Å². The fourth-order valence-corrected chi connectivity index (χ4v) is 2.44. The number of benzene rings is 2. The van der Waals surface area contributed by atoms with Crippen LogP contribution in [0.15, 0.2) is 46.9 Å². The molecule has 1 atom stereocenters. The first kappa shape index (κ1) is 18.0. The predicted molar refractivity (Wildman–Crippen MR) is 95.4 cm³/mol. The van der Waals surface area contributed by atoms with E-state index in [1.54, 1.807) is 24.3 Å². The first-order chi connectivity index (χ1) is 11.4. The molecular weight excluding hydrogens is 374 g/mol. The van der Waals surface area contributed by atoms with Gasteiger partial charge in [0.2, 0.25) is 0 Å². The molecule has 0 radical (unpaired) electrons. The van der Waals surface area contributed by atoms with Crippen molar-refractivity contribution in [1.82, 2.24) is 0 Å². The maximum Gasteiger partial charge on any atom is 0.340 e. The normalized spacial score (nSPS) is 11.5. The minimum atomic E-state index is -0.934. The van der Waals surface area contributed by atoms with E-state index in [1.165, 1.54) is 14.0 Å². The zero-order valence-electron chi connectivity index (χ0n) is 13.6. The number of carbonyl (C=O) groups excluding carboxylic acids is 2. The number of halogens is 1. The minimum Gasteiger partial charge on any atom is -0.497 e. The predicted octanol–water partition coefficient (Wildman–Crippen LogP) is 3.95. The van der Waals surface area contributed by atoms with Gasteiger partial charge in [0.1, 0.15) is 5.75 Å². The van der Waals surface area contributed by atoms with E-state index in [9.17, 15) is 9.59 Å². The summed E-state index contributed by atoms with van der Waals surface area (Å²) < 4.78 is 10.9. The smallest absolute Gasteiger partial charge is 0.340 e. The maximum absolute atomic E-state index is 12.3. The van der Waals surface area contributed by atoms with Gasteiger partial charge < -0.3 is 14.8 Å². The summed E-state index contributed by atoms with van der Waals surface area (Å²) in [5.74, 6) is -0.470. The van der Waals surface area contributed by atoms with Gasteiger partial charge in [-0.25, -0.2) is 4.79 Å². The lowest BCUT2D eigenvalue weighted by molar-refractivity contribution is -0.123. The third-order valence-corrected chi connectivity index (χ3v) is 4.02. The van der Waals surface area contributed by atoms with E-state index in [2.05, 4.69) is 21.2 Å². The summed E-state index contributed by atoms with van der Waals surface area (Å²) in [5, 5.41) is 2.72. The van der Waals surface area contributed by atoms with Gasteiger partial charge in [-0.2, -0.15) is 0 Å². The Morgan fingerprint density at radius 1 is 1.17 bits per heavy atom. The number of aryl methyl sites for hydroxylation is 1. The number of esters is 1. The standard InChI is InChI=1S/C18H18BrNO4/c1-11-5-4-6-13(9-11)20-17(21)12(2)24-18(22)15-10-14(23-3)7-8-16(15)19/h4-10,12H,1-3H3,(H,20,21)/t12-/m1/s1. The molecule has 2 aromatic carbocycles. The zero-order chi connectivity index (χ0) is 17.7. The molecule has 5 nitrogen and oxygen atoms in total. The SMILES string of the molecule is COc1ccc(Br)c(C(=O)O[C@H](C)C(=O)Nc2cccc(C)c2)c1. The molecule has 0 saturated heterocycles. The molecule has 2 aromatic rings. The molecule has 24 heavy (non-hydrogen) atoms. The van der Waals surface area contributed by atoms with Crippen molar-refractivity contribution in [1.29, 1.82) is 0 Å². The fourth-order valence-electron chi connectivity index (χ4n) is 2.03. The number of amides is 1. The van der Waals surface area contributed by atoms with Gasteiger partial charge in [-0.3, -0.25) is 4.79 Å². The van der Waals surface area contributed by atoms with E-state index in [1.807, 2.05) is 25.1 Å². The summed E-state index contributed by atoms with van der Waals surface area (Å²) in [6, 6.07) is 12.3. The Morgan fingerprint density at radius 2 is 1.92 bits per heavy atom. The third-order valence-electron chi connectivity index (χ3n) is 3.33. The van der Waals surface area contributed by atoms with Gasteiger partial charge in [0.05, 0.1) is 12.7 Å². The van der Waals surface area contributed by atoms with Crippen LogP contribution in [0, 0.1) is 6.92 Å². The van der Waals surface area contributed by atoms with Crippen molar-refractivity contribution in [2.24, 2.45) is 0 Å². The molecule has 0 spiro atoms. The van der Waals surface area contributed by atoms with E-state index in [0.29, 0.717) is 21.5 Å². The average molecular weight is 392 g/mol. The van der Waals surface area contributed by atoms with Crippen molar-refractivity contribution in [3.8, 4) is 5.75 Å². The molecule has 0 aliphatic carbocycles. The fraction of sp³-hybridized carbons (Fsp3) is 0.222. The van der Waals surface area contributed by atoms with Gasteiger partial charge in [0, 0.05) is 10.2 Å². The summed E-state index contributed by atoms with van der Waals surface area (Å²) >= 11 is 3.29. The third kappa shape index (κ3) is 4.58. The van der Waals surface area contributed by atoms with Crippen LogP contribution in [-0.4, -0.2) is 25.1 Å². The van der Waals surface area contributed by atoms with Crippen LogP contribution in [0.25, 0.3) is 0 Å². The largest absolute Gasteiger partial charge is 0.497 e. The second-order valence-corrected chi connectivity index (χ2v) is 6.11. The van der Waals surface area contributed by atoms with E-state index >= 15 is 0 Å². The summed E-state index contributed by atoms with van der Waals surface area (Å²) in [6.07, 6.45) is -0.934. The molecule has 0 fully saturated rings. The molecule has 1 amide bonds. The maximum atomic E-state index is 12.3. The van der Waals surface area contributed by atoms with Crippen molar-refractivity contribution >= 4 is 33.5 Å². The number of hydrogen-bond acceptors (Lipinski definition) is 4. The van der Waals surface area contributed by atoms with E-state index in [-0.39, 0.29) is 0 Å². The summed E-state index contributed by atoms with van der Waals surface area (Å²) in [7, 11) is 1.51. The summed E-state index contributed by atoms with van der Waals surface area (Å²) in [4.78, 5) is 24.4. The van der Waals surface area contributed by atoms with Gasteiger partial charge in [-0.1, -0.05) is 12.1 Å². The molecule has 126 valence electrons.